The summed E-state index contributed by atoms with van der Waals surface area (Å²) in [5.74, 6) is 0. The highest BCUT2D eigenvalue weighted by atomic mass is 32.2. The highest BCUT2D eigenvalue weighted by molar-refractivity contribution is 7.85. The second-order valence-corrected chi connectivity index (χ2v) is 4.82. The fraction of sp³-hybridized carbons (Fsp3) is 0. The van der Waals surface area contributed by atoms with Crippen LogP contribution in [0.3, 0.4) is 0 Å². The number of hydrogen-bond donors (Lipinski definition) is 0. The summed E-state index contributed by atoms with van der Waals surface area (Å²) < 4.78 is 12.3. The van der Waals surface area contributed by atoms with Crippen molar-refractivity contribution >= 4 is 22.2 Å². The second kappa shape index (κ2) is 3.64. The Balaban J connectivity index is 2.30. The third-order valence-corrected chi connectivity index (χ3v) is 3.88. The molecule has 0 spiro atoms. The number of hydrogen-bond acceptors (Lipinski definition) is 3. The molecule has 3 rings (SSSR count). The normalized spacial score (nSPS) is 14.0. The molecule has 0 unspecified atom stereocenters. The van der Waals surface area contributed by atoms with E-state index < -0.39 is 10.8 Å². The largest absolute Gasteiger partial charge is 0.249 e. The molecule has 0 aliphatic carbocycles. The molecule has 78 valence electrons. The zero-order valence-corrected chi connectivity index (χ0v) is 9.15. The number of nitrogens with zero attached hydrogens (tertiary/aromatic N) is 2. The molecule has 3 nitrogen and oxygen atoms in total. The van der Waals surface area contributed by atoms with Crippen molar-refractivity contribution in [3.63, 3.8) is 0 Å². The van der Waals surface area contributed by atoms with Crippen molar-refractivity contribution in [3.05, 3.63) is 48.5 Å². The molecular weight excluding hydrogens is 220 g/mol. The van der Waals surface area contributed by atoms with Crippen LogP contribution in [0.15, 0.2) is 68.6 Å². The summed E-state index contributed by atoms with van der Waals surface area (Å²) in [7, 11) is -1.19. The monoisotopic (exact) mass is 228 g/mol. The molecule has 1 aliphatic heterocycles. The Labute approximate surface area is 95.3 Å². The summed E-state index contributed by atoms with van der Waals surface area (Å²) in [5, 5.41) is 8.22. The fourth-order valence-electron chi connectivity index (χ4n) is 1.62. The van der Waals surface area contributed by atoms with Gasteiger partial charge >= 0.3 is 0 Å². The lowest BCUT2D eigenvalue weighted by Gasteiger charge is -2.02. The summed E-state index contributed by atoms with van der Waals surface area (Å²) in [6.45, 7) is 0. The molecule has 0 bridgehead atoms. The van der Waals surface area contributed by atoms with Crippen molar-refractivity contribution in [2.24, 2.45) is 10.2 Å². The van der Waals surface area contributed by atoms with Gasteiger partial charge in [0.05, 0.1) is 20.6 Å². The number of benzene rings is 2. The molecule has 0 aromatic heterocycles. The Bertz CT molecular complexity index is 556. The SMILES string of the molecule is O=S1c2ccccc2N=Nc2ccccc21. The maximum Gasteiger partial charge on any atom is 0.102 e. The van der Waals surface area contributed by atoms with Gasteiger partial charge in [-0.15, -0.1) is 10.2 Å². The standard InChI is InChI=1S/C12H8N2OS/c15-16-11-7-3-1-5-9(11)13-14-10-6-2-4-8-12(10)16/h1-8H. The highest BCUT2D eigenvalue weighted by Crippen LogP contribution is 2.35. The van der Waals surface area contributed by atoms with E-state index >= 15 is 0 Å². The summed E-state index contributed by atoms with van der Waals surface area (Å²) in [6.07, 6.45) is 0. The van der Waals surface area contributed by atoms with Gasteiger partial charge in [-0.05, 0) is 24.3 Å². The predicted octanol–water partition coefficient (Wildman–Crippen LogP) is 3.58. The molecule has 2 aromatic rings. The zero-order chi connectivity index (χ0) is 11.0. The van der Waals surface area contributed by atoms with Crippen LogP contribution in [-0.2, 0) is 10.8 Å². The summed E-state index contributed by atoms with van der Waals surface area (Å²) in [4.78, 5) is 1.44. The molecule has 0 saturated carbocycles. The smallest absolute Gasteiger partial charge is 0.102 e. The molecule has 2 aromatic carbocycles. The van der Waals surface area contributed by atoms with Crippen LogP contribution in [0.2, 0.25) is 0 Å². The van der Waals surface area contributed by atoms with Gasteiger partial charge in [0, 0.05) is 0 Å². The predicted molar refractivity (Wildman–Crippen MR) is 61.7 cm³/mol. The van der Waals surface area contributed by atoms with E-state index in [1.54, 1.807) is 0 Å². The molecule has 4 heteroatoms. The van der Waals surface area contributed by atoms with Gasteiger partial charge in [-0.25, -0.2) is 4.21 Å². The van der Waals surface area contributed by atoms with Crippen molar-refractivity contribution in [1.82, 2.24) is 0 Å². The van der Waals surface area contributed by atoms with Crippen molar-refractivity contribution < 1.29 is 4.21 Å². The van der Waals surface area contributed by atoms with E-state index in [9.17, 15) is 4.21 Å². The van der Waals surface area contributed by atoms with Crippen LogP contribution in [-0.4, -0.2) is 4.21 Å². The van der Waals surface area contributed by atoms with Gasteiger partial charge in [0.1, 0.15) is 11.4 Å². The lowest BCUT2D eigenvalue weighted by molar-refractivity contribution is 0.683. The van der Waals surface area contributed by atoms with E-state index in [-0.39, 0.29) is 0 Å². The van der Waals surface area contributed by atoms with E-state index in [0.717, 1.165) is 9.79 Å². The average molecular weight is 228 g/mol. The summed E-state index contributed by atoms with van der Waals surface area (Å²) in [5.41, 5.74) is 1.36. The van der Waals surface area contributed by atoms with E-state index in [1.807, 2.05) is 48.5 Å². The van der Waals surface area contributed by atoms with Gasteiger partial charge in [0.25, 0.3) is 0 Å². The molecule has 0 atom stereocenters. The minimum absolute atomic E-state index is 0.678. The molecular formula is C12H8N2OS. The quantitative estimate of drug-likeness (QED) is 0.579. The van der Waals surface area contributed by atoms with Gasteiger partial charge in [-0.1, -0.05) is 24.3 Å². The summed E-state index contributed by atoms with van der Waals surface area (Å²) >= 11 is 0. The van der Waals surface area contributed by atoms with Crippen LogP contribution < -0.4 is 0 Å². The molecule has 0 saturated heterocycles. The molecule has 0 fully saturated rings. The fourth-order valence-corrected chi connectivity index (χ4v) is 2.86. The minimum Gasteiger partial charge on any atom is -0.249 e. The minimum atomic E-state index is -1.19. The third-order valence-electron chi connectivity index (χ3n) is 2.40. The maximum absolute atomic E-state index is 12.3. The van der Waals surface area contributed by atoms with Crippen LogP contribution >= 0.6 is 0 Å². The maximum atomic E-state index is 12.3. The molecule has 0 radical (unpaired) electrons. The van der Waals surface area contributed by atoms with E-state index in [0.29, 0.717) is 11.4 Å². The van der Waals surface area contributed by atoms with Gasteiger partial charge in [-0.3, -0.25) is 0 Å². The molecule has 0 N–H and O–H groups in total. The van der Waals surface area contributed by atoms with E-state index in [4.69, 9.17) is 0 Å². The van der Waals surface area contributed by atoms with Crippen molar-refractivity contribution in [2.45, 2.75) is 9.79 Å². The first-order chi connectivity index (χ1) is 7.86. The van der Waals surface area contributed by atoms with Gasteiger partial charge < -0.3 is 0 Å². The van der Waals surface area contributed by atoms with E-state index in [2.05, 4.69) is 10.2 Å². The summed E-state index contributed by atoms with van der Waals surface area (Å²) in [6, 6.07) is 14.8. The molecule has 16 heavy (non-hydrogen) atoms. The number of fused-ring (bicyclic) bond motifs is 2. The zero-order valence-electron chi connectivity index (χ0n) is 8.33. The first-order valence-corrected chi connectivity index (χ1v) is 6.03. The Kier molecular flexibility index (Phi) is 2.15. The van der Waals surface area contributed by atoms with Crippen LogP contribution in [0.1, 0.15) is 0 Å². The molecule has 1 aliphatic rings. The Morgan fingerprint density at radius 1 is 0.750 bits per heavy atom. The molecule has 1 heterocycles. The average Bonchev–Trinajstić information content (AvgIpc) is 2.49. The van der Waals surface area contributed by atoms with Crippen molar-refractivity contribution in [1.29, 1.82) is 0 Å². The van der Waals surface area contributed by atoms with Gasteiger partial charge in [0.2, 0.25) is 0 Å². The topological polar surface area (TPSA) is 41.8 Å². The lowest BCUT2D eigenvalue weighted by atomic mass is 10.3. The van der Waals surface area contributed by atoms with E-state index in [1.165, 1.54) is 0 Å². The van der Waals surface area contributed by atoms with Crippen LogP contribution in [0.25, 0.3) is 0 Å². The lowest BCUT2D eigenvalue weighted by Crippen LogP contribution is -1.91. The highest BCUT2D eigenvalue weighted by Gasteiger charge is 2.17. The molecule has 0 amide bonds. The third kappa shape index (κ3) is 1.39. The first-order valence-electron chi connectivity index (χ1n) is 4.88. The Morgan fingerprint density at radius 3 is 1.69 bits per heavy atom. The number of rotatable bonds is 0. The van der Waals surface area contributed by atoms with Crippen molar-refractivity contribution in [3.8, 4) is 0 Å². The van der Waals surface area contributed by atoms with Crippen LogP contribution in [0.4, 0.5) is 11.4 Å². The van der Waals surface area contributed by atoms with Gasteiger partial charge in [-0.2, -0.15) is 0 Å². The Hall–Kier alpha value is -1.81. The van der Waals surface area contributed by atoms with Crippen LogP contribution in [0.5, 0.6) is 0 Å². The number of azo groups is 1. The van der Waals surface area contributed by atoms with Crippen molar-refractivity contribution in [2.75, 3.05) is 0 Å². The second-order valence-electron chi connectivity index (χ2n) is 3.40. The van der Waals surface area contributed by atoms with Gasteiger partial charge in [0.15, 0.2) is 0 Å². The Morgan fingerprint density at radius 2 is 1.19 bits per heavy atom. The van der Waals surface area contributed by atoms with Crippen LogP contribution in [0, 0.1) is 0 Å². The first kappa shape index (κ1) is 9.42.